The second kappa shape index (κ2) is 9.82. The zero-order valence-corrected chi connectivity index (χ0v) is 16.9. The van der Waals surface area contributed by atoms with Crippen LogP contribution in [0.4, 0.5) is 4.79 Å². The first-order valence-corrected chi connectivity index (χ1v) is 9.66. The minimum atomic E-state index is -0.107. The first kappa shape index (κ1) is 20.5. The number of hydrogen-bond acceptors (Lipinski definition) is 4. The molecular weight excluding hydrogens is 370 g/mol. The summed E-state index contributed by atoms with van der Waals surface area (Å²) in [6.07, 6.45) is 0.261. The van der Waals surface area contributed by atoms with E-state index >= 15 is 0 Å². The number of nitrogens with zero attached hydrogens (tertiary/aromatic N) is 2. The molecule has 0 bridgehead atoms. The molecule has 1 heterocycles. The van der Waals surface area contributed by atoms with Crippen molar-refractivity contribution in [1.82, 2.24) is 15.1 Å². The molecule has 3 amide bonds. The SMILES string of the molecule is COc1ccc(OC)c(CNC(=O)CCN2CCN(Cc3ccccc3)C2=O)c1. The predicted octanol–water partition coefficient (Wildman–Crippen LogP) is 2.65. The van der Waals surface area contributed by atoms with Gasteiger partial charge in [-0.2, -0.15) is 0 Å². The van der Waals surface area contributed by atoms with Gasteiger partial charge in [0, 0.05) is 44.7 Å². The van der Waals surface area contributed by atoms with Gasteiger partial charge in [0.2, 0.25) is 5.91 Å². The third kappa shape index (κ3) is 5.40. The third-order valence-electron chi connectivity index (χ3n) is 4.97. The van der Waals surface area contributed by atoms with Crippen molar-refractivity contribution in [2.24, 2.45) is 0 Å². The fourth-order valence-electron chi connectivity index (χ4n) is 3.33. The van der Waals surface area contributed by atoms with E-state index in [1.165, 1.54) is 0 Å². The van der Waals surface area contributed by atoms with E-state index in [4.69, 9.17) is 9.47 Å². The first-order valence-electron chi connectivity index (χ1n) is 9.66. The molecule has 1 aliphatic heterocycles. The maximum Gasteiger partial charge on any atom is 0.320 e. The van der Waals surface area contributed by atoms with Gasteiger partial charge in [0.1, 0.15) is 11.5 Å². The summed E-state index contributed by atoms with van der Waals surface area (Å²) >= 11 is 0. The monoisotopic (exact) mass is 397 g/mol. The van der Waals surface area contributed by atoms with Gasteiger partial charge in [-0.1, -0.05) is 30.3 Å². The minimum absolute atomic E-state index is 0.0175. The van der Waals surface area contributed by atoms with Crippen LogP contribution >= 0.6 is 0 Å². The van der Waals surface area contributed by atoms with Crippen molar-refractivity contribution in [3.05, 3.63) is 59.7 Å². The lowest BCUT2D eigenvalue weighted by atomic mass is 10.2. The van der Waals surface area contributed by atoms with Crippen LogP contribution in [0.1, 0.15) is 17.5 Å². The number of ether oxygens (including phenoxy) is 2. The zero-order valence-electron chi connectivity index (χ0n) is 16.9. The Morgan fingerprint density at radius 3 is 2.52 bits per heavy atom. The molecule has 1 N–H and O–H groups in total. The zero-order chi connectivity index (χ0) is 20.6. The number of nitrogens with one attached hydrogen (secondary N) is 1. The van der Waals surface area contributed by atoms with E-state index in [9.17, 15) is 9.59 Å². The highest BCUT2D eigenvalue weighted by Crippen LogP contribution is 2.23. The van der Waals surface area contributed by atoms with Gasteiger partial charge in [-0.15, -0.1) is 0 Å². The quantitative estimate of drug-likeness (QED) is 0.706. The summed E-state index contributed by atoms with van der Waals surface area (Å²) in [7, 11) is 3.19. The molecule has 1 saturated heterocycles. The summed E-state index contributed by atoms with van der Waals surface area (Å²) in [5, 5.41) is 2.89. The fourth-order valence-corrected chi connectivity index (χ4v) is 3.33. The molecular formula is C22H27N3O4. The Morgan fingerprint density at radius 1 is 1.03 bits per heavy atom. The van der Waals surface area contributed by atoms with E-state index < -0.39 is 0 Å². The minimum Gasteiger partial charge on any atom is -0.497 e. The van der Waals surface area contributed by atoms with Crippen molar-refractivity contribution < 1.29 is 19.1 Å². The molecule has 7 nitrogen and oxygen atoms in total. The molecule has 0 saturated carbocycles. The van der Waals surface area contributed by atoms with Gasteiger partial charge in [0.25, 0.3) is 0 Å². The van der Waals surface area contributed by atoms with Crippen molar-refractivity contribution in [2.75, 3.05) is 33.9 Å². The van der Waals surface area contributed by atoms with Gasteiger partial charge in [-0.05, 0) is 23.8 Å². The summed E-state index contributed by atoms with van der Waals surface area (Å²) in [5.41, 5.74) is 1.94. The van der Waals surface area contributed by atoms with Crippen LogP contribution in [-0.4, -0.2) is 55.6 Å². The number of carbonyl (C=O) groups excluding carboxylic acids is 2. The number of methoxy groups -OCH3 is 2. The summed E-state index contributed by atoms with van der Waals surface area (Å²) in [6, 6.07) is 15.4. The average Bonchev–Trinajstić information content (AvgIpc) is 3.10. The highest BCUT2D eigenvalue weighted by molar-refractivity contribution is 5.79. The maximum atomic E-state index is 12.5. The summed E-state index contributed by atoms with van der Waals surface area (Å²) in [4.78, 5) is 28.4. The number of rotatable bonds is 9. The summed E-state index contributed by atoms with van der Waals surface area (Å²) < 4.78 is 10.6. The summed E-state index contributed by atoms with van der Waals surface area (Å²) in [6.45, 7) is 2.66. The second-order valence-corrected chi connectivity index (χ2v) is 6.88. The Hall–Kier alpha value is -3.22. The van der Waals surface area contributed by atoms with Crippen LogP contribution in [0.5, 0.6) is 11.5 Å². The van der Waals surface area contributed by atoms with E-state index in [0.717, 1.165) is 11.1 Å². The lowest BCUT2D eigenvalue weighted by molar-refractivity contribution is -0.121. The second-order valence-electron chi connectivity index (χ2n) is 6.88. The first-order chi connectivity index (χ1) is 14.1. The van der Waals surface area contributed by atoms with E-state index in [1.807, 2.05) is 53.4 Å². The van der Waals surface area contributed by atoms with Crippen LogP contribution in [-0.2, 0) is 17.9 Å². The van der Waals surface area contributed by atoms with E-state index in [0.29, 0.717) is 44.2 Å². The molecule has 0 unspecified atom stereocenters. The molecule has 0 aliphatic carbocycles. The van der Waals surface area contributed by atoms with Gasteiger partial charge in [-0.3, -0.25) is 4.79 Å². The Bertz CT molecular complexity index is 841. The van der Waals surface area contributed by atoms with Crippen LogP contribution in [0, 0.1) is 0 Å². The van der Waals surface area contributed by atoms with Crippen molar-refractivity contribution >= 4 is 11.9 Å². The Morgan fingerprint density at radius 2 is 1.79 bits per heavy atom. The Labute approximate surface area is 171 Å². The Balaban J connectivity index is 1.46. The molecule has 7 heteroatoms. The standard InChI is InChI=1S/C22H27N3O4/c1-28-19-8-9-20(29-2)18(14-19)15-23-21(26)10-11-24-12-13-25(22(24)27)16-17-6-4-3-5-7-17/h3-9,14H,10-13,15-16H2,1-2H3,(H,23,26). The highest BCUT2D eigenvalue weighted by Gasteiger charge is 2.28. The largest absolute Gasteiger partial charge is 0.497 e. The maximum absolute atomic E-state index is 12.5. The molecule has 3 rings (SSSR count). The van der Waals surface area contributed by atoms with Gasteiger partial charge in [0.05, 0.1) is 14.2 Å². The smallest absolute Gasteiger partial charge is 0.320 e. The lowest BCUT2D eigenvalue weighted by Gasteiger charge is -2.18. The molecule has 1 fully saturated rings. The van der Waals surface area contributed by atoms with Crippen LogP contribution in [0.3, 0.4) is 0 Å². The van der Waals surface area contributed by atoms with Gasteiger partial charge < -0.3 is 24.6 Å². The van der Waals surface area contributed by atoms with Gasteiger partial charge in [-0.25, -0.2) is 4.79 Å². The lowest BCUT2D eigenvalue weighted by Crippen LogP contribution is -2.34. The molecule has 154 valence electrons. The van der Waals surface area contributed by atoms with Crippen LogP contribution in [0.2, 0.25) is 0 Å². The predicted molar refractivity (Wildman–Crippen MR) is 110 cm³/mol. The topological polar surface area (TPSA) is 71.1 Å². The van der Waals surface area contributed by atoms with Gasteiger partial charge in [0.15, 0.2) is 0 Å². The van der Waals surface area contributed by atoms with E-state index in [1.54, 1.807) is 19.1 Å². The number of carbonyl (C=O) groups is 2. The highest BCUT2D eigenvalue weighted by atomic mass is 16.5. The fraction of sp³-hybridized carbons (Fsp3) is 0.364. The van der Waals surface area contributed by atoms with Crippen molar-refractivity contribution in [1.29, 1.82) is 0 Å². The third-order valence-corrected chi connectivity index (χ3v) is 4.97. The van der Waals surface area contributed by atoms with Crippen LogP contribution in [0.15, 0.2) is 48.5 Å². The number of benzene rings is 2. The molecule has 0 atom stereocenters. The van der Waals surface area contributed by atoms with Crippen molar-refractivity contribution in [3.8, 4) is 11.5 Å². The molecule has 1 aliphatic rings. The normalized spacial score (nSPS) is 13.5. The molecule has 2 aromatic carbocycles. The Kier molecular flexibility index (Phi) is 6.94. The molecule has 0 spiro atoms. The van der Waals surface area contributed by atoms with Gasteiger partial charge >= 0.3 is 6.03 Å². The van der Waals surface area contributed by atoms with E-state index in [-0.39, 0.29) is 18.4 Å². The van der Waals surface area contributed by atoms with Crippen LogP contribution < -0.4 is 14.8 Å². The molecule has 29 heavy (non-hydrogen) atoms. The number of urea groups is 1. The number of hydrogen-bond donors (Lipinski definition) is 1. The molecule has 2 aromatic rings. The van der Waals surface area contributed by atoms with Crippen molar-refractivity contribution in [3.63, 3.8) is 0 Å². The molecule has 0 radical (unpaired) electrons. The summed E-state index contributed by atoms with van der Waals surface area (Å²) in [5.74, 6) is 1.29. The molecule has 0 aromatic heterocycles. The van der Waals surface area contributed by atoms with E-state index in [2.05, 4.69) is 5.32 Å². The van der Waals surface area contributed by atoms with Crippen LogP contribution in [0.25, 0.3) is 0 Å². The average molecular weight is 397 g/mol. The van der Waals surface area contributed by atoms with Crippen molar-refractivity contribution in [2.45, 2.75) is 19.5 Å². The number of amides is 3.